The summed E-state index contributed by atoms with van der Waals surface area (Å²) in [4.78, 5) is 10.5. The molecule has 0 bridgehead atoms. The molecule has 0 aliphatic carbocycles. The Kier molecular flexibility index (Phi) is 4.01. The first-order valence-corrected chi connectivity index (χ1v) is 3.69. The van der Waals surface area contributed by atoms with Crippen molar-refractivity contribution in [2.24, 2.45) is 5.92 Å². The Hall–Kier alpha value is -0.590. The van der Waals surface area contributed by atoms with E-state index in [0.717, 1.165) is 6.42 Å². The number of hydrogen-bond donors (Lipinski definition) is 0. The monoisotopic (exact) mass is 140 g/mol. The highest BCUT2D eigenvalue weighted by atomic mass is 16.1. The quantitative estimate of drug-likeness (QED) is 0.548. The van der Waals surface area contributed by atoms with Crippen LogP contribution in [0.3, 0.4) is 0 Å². The zero-order chi connectivity index (χ0) is 8.15. The molecule has 0 heterocycles. The molecule has 0 spiro atoms. The minimum absolute atomic E-state index is 0.271. The van der Waals surface area contributed by atoms with Crippen LogP contribution in [0.15, 0.2) is 12.2 Å². The van der Waals surface area contributed by atoms with Crippen molar-refractivity contribution < 1.29 is 4.79 Å². The van der Waals surface area contributed by atoms with Gasteiger partial charge in [-0.2, -0.15) is 0 Å². The van der Waals surface area contributed by atoms with Gasteiger partial charge in [-0.15, -0.1) is 0 Å². The molecule has 0 amide bonds. The molecule has 10 heavy (non-hydrogen) atoms. The SMILES string of the molecule is C=C(C)[C@@H](C)CCC(C)=O. The maximum absolute atomic E-state index is 10.5. The number of allylic oxidation sites excluding steroid dienone is 1. The molecular formula is C9H16O. The van der Waals surface area contributed by atoms with Crippen LogP contribution in [-0.2, 0) is 4.79 Å². The first kappa shape index (κ1) is 9.41. The fourth-order valence-corrected chi connectivity index (χ4v) is 0.666. The Labute approximate surface area is 63.1 Å². The van der Waals surface area contributed by atoms with Crippen molar-refractivity contribution in [1.29, 1.82) is 0 Å². The van der Waals surface area contributed by atoms with Gasteiger partial charge in [0.2, 0.25) is 0 Å². The third-order valence-corrected chi connectivity index (χ3v) is 1.77. The first-order chi connectivity index (χ1) is 4.54. The number of carbonyl (C=O) groups excluding carboxylic acids is 1. The molecule has 0 unspecified atom stereocenters. The van der Waals surface area contributed by atoms with Crippen LogP contribution in [0.2, 0.25) is 0 Å². The summed E-state index contributed by atoms with van der Waals surface area (Å²) in [6.45, 7) is 9.56. The highest BCUT2D eigenvalue weighted by molar-refractivity contribution is 5.75. The van der Waals surface area contributed by atoms with Crippen molar-refractivity contribution in [3.63, 3.8) is 0 Å². The normalized spacial score (nSPS) is 12.7. The fraction of sp³-hybridized carbons (Fsp3) is 0.667. The van der Waals surface area contributed by atoms with Crippen LogP contribution in [0.4, 0.5) is 0 Å². The molecule has 0 saturated heterocycles. The van der Waals surface area contributed by atoms with E-state index in [1.54, 1.807) is 6.92 Å². The van der Waals surface area contributed by atoms with E-state index < -0.39 is 0 Å². The van der Waals surface area contributed by atoms with Crippen LogP contribution in [-0.4, -0.2) is 5.78 Å². The average molecular weight is 140 g/mol. The number of rotatable bonds is 4. The summed E-state index contributed by atoms with van der Waals surface area (Å²) in [6.07, 6.45) is 1.64. The number of ketones is 1. The lowest BCUT2D eigenvalue weighted by atomic mass is 9.98. The van der Waals surface area contributed by atoms with E-state index in [2.05, 4.69) is 13.5 Å². The summed E-state index contributed by atoms with van der Waals surface area (Å²) >= 11 is 0. The zero-order valence-electron chi connectivity index (χ0n) is 7.11. The summed E-state index contributed by atoms with van der Waals surface area (Å²) in [5, 5.41) is 0. The van der Waals surface area contributed by atoms with Crippen molar-refractivity contribution in [2.75, 3.05) is 0 Å². The van der Waals surface area contributed by atoms with E-state index in [1.165, 1.54) is 5.57 Å². The Balaban J connectivity index is 3.49. The highest BCUT2D eigenvalue weighted by Gasteiger charge is 2.02. The van der Waals surface area contributed by atoms with Crippen LogP contribution in [0, 0.1) is 5.92 Å². The number of Topliss-reactive ketones (excluding diaryl/α,β-unsaturated/α-hetero) is 1. The third kappa shape index (κ3) is 4.30. The predicted octanol–water partition coefficient (Wildman–Crippen LogP) is 2.57. The minimum atomic E-state index is 0.271. The second kappa shape index (κ2) is 4.26. The summed E-state index contributed by atoms with van der Waals surface area (Å²) < 4.78 is 0. The van der Waals surface area contributed by atoms with Gasteiger partial charge >= 0.3 is 0 Å². The van der Waals surface area contributed by atoms with E-state index in [9.17, 15) is 4.79 Å². The zero-order valence-corrected chi connectivity index (χ0v) is 7.11. The summed E-state index contributed by atoms with van der Waals surface area (Å²) in [5.41, 5.74) is 1.17. The number of carbonyl (C=O) groups is 1. The molecule has 0 saturated carbocycles. The van der Waals surface area contributed by atoms with Gasteiger partial charge in [0.15, 0.2) is 0 Å². The Morgan fingerprint density at radius 1 is 1.50 bits per heavy atom. The summed E-state index contributed by atoms with van der Waals surface area (Å²) in [7, 11) is 0. The van der Waals surface area contributed by atoms with Crippen molar-refractivity contribution in [3.8, 4) is 0 Å². The van der Waals surface area contributed by atoms with Gasteiger partial charge in [-0.1, -0.05) is 19.1 Å². The molecule has 0 fully saturated rings. The molecule has 1 heteroatoms. The van der Waals surface area contributed by atoms with Gasteiger partial charge in [0, 0.05) is 6.42 Å². The van der Waals surface area contributed by atoms with Crippen LogP contribution in [0.25, 0.3) is 0 Å². The van der Waals surface area contributed by atoms with Crippen LogP contribution in [0.1, 0.15) is 33.6 Å². The lowest BCUT2D eigenvalue weighted by Crippen LogP contribution is -1.99. The molecule has 0 aromatic rings. The molecule has 0 N–H and O–H groups in total. The Bertz CT molecular complexity index is 136. The second-order valence-corrected chi connectivity index (χ2v) is 2.99. The molecule has 0 radical (unpaired) electrons. The highest BCUT2D eigenvalue weighted by Crippen LogP contribution is 2.13. The van der Waals surface area contributed by atoms with Gasteiger partial charge < -0.3 is 4.79 Å². The second-order valence-electron chi connectivity index (χ2n) is 2.99. The Morgan fingerprint density at radius 3 is 2.30 bits per heavy atom. The van der Waals surface area contributed by atoms with E-state index >= 15 is 0 Å². The standard InChI is InChI=1S/C9H16O/c1-7(2)8(3)5-6-9(4)10/h8H,1,5-6H2,2-4H3/t8-/m0/s1. The van der Waals surface area contributed by atoms with Gasteiger partial charge in [-0.3, -0.25) is 0 Å². The van der Waals surface area contributed by atoms with E-state index in [0.29, 0.717) is 12.3 Å². The van der Waals surface area contributed by atoms with E-state index in [4.69, 9.17) is 0 Å². The molecule has 0 aliphatic rings. The smallest absolute Gasteiger partial charge is 0.129 e. The molecule has 0 aromatic heterocycles. The molecule has 0 aliphatic heterocycles. The summed E-state index contributed by atoms with van der Waals surface area (Å²) in [5.74, 6) is 0.761. The van der Waals surface area contributed by atoms with Gasteiger partial charge in [0.25, 0.3) is 0 Å². The van der Waals surface area contributed by atoms with Crippen molar-refractivity contribution in [3.05, 3.63) is 12.2 Å². The summed E-state index contributed by atoms with van der Waals surface area (Å²) in [6, 6.07) is 0. The van der Waals surface area contributed by atoms with E-state index in [1.807, 2.05) is 6.92 Å². The van der Waals surface area contributed by atoms with Gasteiger partial charge in [0.05, 0.1) is 0 Å². The minimum Gasteiger partial charge on any atom is -0.300 e. The molecular weight excluding hydrogens is 124 g/mol. The largest absolute Gasteiger partial charge is 0.300 e. The fourth-order valence-electron chi connectivity index (χ4n) is 0.666. The van der Waals surface area contributed by atoms with Crippen LogP contribution >= 0.6 is 0 Å². The maximum atomic E-state index is 10.5. The lowest BCUT2D eigenvalue weighted by molar-refractivity contribution is -0.117. The first-order valence-electron chi connectivity index (χ1n) is 3.69. The van der Waals surface area contributed by atoms with Crippen LogP contribution < -0.4 is 0 Å². The van der Waals surface area contributed by atoms with Crippen LogP contribution in [0.5, 0.6) is 0 Å². The molecule has 1 nitrogen and oxygen atoms in total. The molecule has 0 aromatic carbocycles. The molecule has 58 valence electrons. The predicted molar refractivity (Wildman–Crippen MR) is 43.9 cm³/mol. The maximum Gasteiger partial charge on any atom is 0.129 e. The number of hydrogen-bond acceptors (Lipinski definition) is 1. The van der Waals surface area contributed by atoms with Crippen molar-refractivity contribution >= 4 is 5.78 Å². The Morgan fingerprint density at radius 2 is 2.00 bits per heavy atom. The van der Waals surface area contributed by atoms with E-state index in [-0.39, 0.29) is 5.78 Å². The topological polar surface area (TPSA) is 17.1 Å². The van der Waals surface area contributed by atoms with Gasteiger partial charge in [0.1, 0.15) is 5.78 Å². The molecule has 1 atom stereocenters. The van der Waals surface area contributed by atoms with Crippen molar-refractivity contribution in [2.45, 2.75) is 33.6 Å². The third-order valence-electron chi connectivity index (χ3n) is 1.77. The van der Waals surface area contributed by atoms with Gasteiger partial charge in [-0.25, -0.2) is 0 Å². The van der Waals surface area contributed by atoms with Crippen molar-refractivity contribution in [1.82, 2.24) is 0 Å². The lowest BCUT2D eigenvalue weighted by Gasteiger charge is -2.08. The van der Waals surface area contributed by atoms with Gasteiger partial charge in [-0.05, 0) is 26.2 Å². The molecule has 0 rings (SSSR count). The average Bonchev–Trinajstić information content (AvgIpc) is 1.82.